The van der Waals surface area contributed by atoms with Gasteiger partial charge in [-0.3, -0.25) is 4.79 Å². The molecule has 0 spiro atoms. The second-order valence-corrected chi connectivity index (χ2v) is 4.25. The normalized spacial score (nSPS) is 15.8. The average molecular weight is 235 g/mol. The van der Waals surface area contributed by atoms with Gasteiger partial charge in [-0.2, -0.15) is 0 Å². The maximum Gasteiger partial charge on any atom is 0.248 e. The molecule has 1 aromatic rings. The van der Waals surface area contributed by atoms with Crippen LogP contribution in [0.4, 0.5) is 0 Å². The predicted molar refractivity (Wildman–Crippen MR) is 64.4 cm³/mol. The summed E-state index contributed by atoms with van der Waals surface area (Å²) in [5.41, 5.74) is 5.65. The van der Waals surface area contributed by atoms with Crippen molar-refractivity contribution >= 4 is 5.91 Å². The zero-order valence-corrected chi connectivity index (χ0v) is 9.94. The largest absolute Gasteiger partial charge is 0.493 e. The van der Waals surface area contributed by atoms with Gasteiger partial charge < -0.3 is 15.2 Å². The van der Waals surface area contributed by atoms with Crippen LogP contribution in [0, 0.1) is 0 Å². The van der Waals surface area contributed by atoms with E-state index in [9.17, 15) is 4.79 Å². The molecule has 0 heterocycles. The Balaban J connectivity index is 2.18. The van der Waals surface area contributed by atoms with Crippen LogP contribution in [0.5, 0.6) is 11.5 Å². The van der Waals surface area contributed by atoms with Crippen molar-refractivity contribution < 1.29 is 14.3 Å². The Morgan fingerprint density at radius 1 is 1.29 bits per heavy atom. The molecule has 0 radical (unpaired) electrons. The molecule has 2 N–H and O–H groups in total. The second kappa shape index (κ2) is 5.08. The molecule has 1 amide bonds. The Kier molecular flexibility index (Phi) is 3.52. The van der Waals surface area contributed by atoms with E-state index in [0.717, 1.165) is 12.8 Å². The number of amides is 1. The number of primary amides is 1. The molecule has 92 valence electrons. The van der Waals surface area contributed by atoms with Crippen molar-refractivity contribution in [2.75, 3.05) is 7.11 Å². The molecule has 1 fully saturated rings. The van der Waals surface area contributed by atoms with Crippen molar-refractivity contribution in [2.24, 2.45) is 5.73 Å². The van der Waals surface area contributed by atoms with E-state index in [-0.39, 0.29) is 6.10 Å². The number of carbonyl (C=O) groups is 1. The fourth-order valence-corrected chi connectivity index (χ4v) is 2.10. The SMILES string of the molecule is COc1cc(C(N)=O)ccc1OC1CCCC1. The molecule has 0 aromatic heterocycles. The summed E-state index contributed by atoms with van der Waals surface area (Å²) in [7, 11) is 1.56. The maximum absolute atomic E-state index is 11.1. The predicted octanol–water partition coefficient (Wildman–Crippen LogP) is 2.12. The Bertz CT molecular complexity index is 411. The first kappa shape index (κ1) is 11.8. The molecule has 1 aliphatic carbocycles. The third-order valence-corrected chi connectivity index (χ3v) is 3.04. The van der Waals surface area contributed by atoms with Crippen molar-refractivity contribution in [3.8, 4) is 11.5 Å². The Labute approximate surface area is 101 Å². The van der Waals surface area contributed by atoms with Gasteiger partial charge in [0.2, 0.25) is 5.91 Å². The quantitative estimate of drug-likeness (QED) is 0.869. The van der Waals surface area contributed by atoms with Gasteiger partial charge in [0.25, 0.3) is 0 Å². The molecule has 4 nitrogen and oxygen atoms in total. The summed E-state index contributed by atoms with van der Waals surface area (Å²) in [6.45, 7) is 0. The summed E-state index contributed by atoms with van der Waals surface area (Å²) >= 11 is 0. The summed E-state index contributed by atoms with van der Waals surface area (Å²) < 4.78 is 11.1. The highest BCUT2D eigenvalue weighted by Gasteiger charge is 2.18. The number of hydrogen-bond acceptors (Lipinski definition) is 3. The highest BCUT2D eigenvalue weighted by Crippen LogP contribution is 2.32. The van der Waals surface area contributed by atoms with Crippen LogP contribution in [0.3, 0.4) is 0 Å². The van der Waals surface area contributed by atoms with Crippen molar-refractivity contribution in [1.82, 2.24) is 0 Å². The Morgan fingerprint density at radius 2 is 2.00 bits per heavy atom. The molecule has 0 atom stereocenters. The molecule has 1 aliphatic rings. The first-order valence-electron chi connectivity index (χ1n) is 5.85. The Hall–Kier alpha value is -1.71. The minimum atomic E-state index is -0.462. The lowest BCUT2D eigenvalue weighted by atomic mass is 10.2. The van der Waals surface area contributed by atoms with E-state index in [4.69, 9.17) is 15.2 Å². The molecule has 0 unspecified atom stereocenters. The van der Waals surface area contributed by atoms with Gasteiger partial charge in [0.15, 0.2) is 11.5 Å². The lowest BCUT2D eigenvalue weighted by Gasteiger charge is -2.16. The number of carbonyl (C=O) groups excluding carboxylic acids is 1. The first-order chi connectivity index (χ1) is 8.20. The molecule has 0 bridgehead atoms. The molecular weight excluding hydrogens is 218 g/mol. The van der Waals surface area contributed by atoms with Gasteiger partial charge in [0.1, 0.15) is 0 Å². The molecule has 0 saturated heterocycles. The second-order valence-electron chi connectivity index (χ2n) is 4.25. The van der Waals surface area contributed by atoms with Crippen molar-refractivity contribution in [3.63, 3.8) is 0 Å². The van der Waals surface area contributed by atoms with Crippen LogP contribution in [-0.4, -0.2) is 19.1 Å². The van der Waals surface area contributed by atoms with Crippen LogP contribution in [0.1, 0.15) is 36.0 Å². The molecule has 1 aromatic carbocycles. The van der Waals surface area contributed by atoms with Gasteiger partial charge >= 0.3 is 0 Å². The van der Waals surface area contributed by atoms with E-state index >= 15 is 0 Å². The Morgan fingerprint density at radius 3 is 2.59 bits per heavy atom. The minimum absolute atomic E-state index is 0.267. The molecule has 2 rings (SSSR count). The highest BCUT2D eigenvalue weighted by molar-refractivity contribution is 5.93. The van der Waals surface area contributed by atoms with Crippen LogP contribution in [-0.2, 0) is 0 Å². The maximum atomic E-state index is 11.1. The summed E-state index contributed by atoms with van der Waals surface area (Å²) in [5.74, 6) is 0.785. The summed E-state index contributed by atoms with van der Waals surface area (Å²) in [6, 6.07) is 5.03. The zero-order valence-electron chi connectivity index (χ0n) is 9.94. The number of methoxy groups -OCH3 is 1. The number of nitrogens with two attached hydrogens (primary N) is 1. The monoisotopic (exact) mass is 235 g/mol. The lowest BCUT2D eigenvalue weighted by molar-refractivity contribution is 0.1000. The van der Waals surface area contributed by atoms with Crippen LogP contribution in [0.15, 0.2) is 18.2 Å². The van der Waals surface area contributed by atoms with E-state index in [1.165, 1.54) is 12.8 Å². The van der Waals surface area contributed by atoms with E-state index in [1.54, 1.807) is 25.3 Å². The molecule has 4 heteroatoms. The number of hydrogen-bond donors (Lipinski definition) is 1. The van der Waals surface area contributed by atoms with Crippen molar-refractivity contribution in [2.45, 2.75) is 31.8 Å². The summed E-state index contributed by atoms with van der Waals surface area (Å²) in [4.78, 5) is 11.1. The molecular formula is C13H17NO3. The number of ether oxygens (including phenoxy) is 2. The fraction of sp³-hybridized carbons (Fsp3) is 0.462. The van der Waals surface area contributed by atoms with Gasteiger partial charge in [0, 0.05) is 5.56 Å². The fourth-order valence-electron chi connectivity index (χ4n) is 2.10. The van der Waals surface area contributed by atoms with Crippen molar-refractivity contribution in [3.05, 3.63) is 23.8 Å². The number of benzene rings is 1. The summed E-state index contributed by atoms with van der Waals surface area (Å²) in [6.07, 6.45) is 4.86. The zero-order chi connectivity index (χ0) is 12.3. The average Bonchev–Trinajstić information content (AvgIpc) is 2.82. The van der Waals surface area contributed by atoms with E-state index in [0.29, 0.717) is 17.1 Å². The van der Waals surface area contributed by atoms with Crippen LogP contribution in [0.2, 0.25) is 0 Å². The smallest absolute Gasteiger partial charge is 0.248 e. The van der Waals surface area contributed by atoms with E-state index in [2.05, 4.69) is 0 Å². The first-order valence-corrected chi connectivity index (χ1v) is 5.85. The standard InChI is InChI=1S/C13H17NO3/c1-16-12-8-9(13(14)15)6-7-11(12)17-10-4-2-3-5-10/h6-8,10H,2-5H2,1H3,(H2,14,15). The van der Waals surface area contributed by atoms with Gasteiger partial charge in [-0.25, -0.2) is 0 Å². The lowest BCUT2D eigenvalue weighted by Crippen LogP contribution is -2.13. The van der Waals surface area contributed by atoms with Crippen molar-refractivity contribution in [1.29, 1.82) is 0 Å². The van der Waals surface area contributed by atoms with Gasteiger partial charge in [0.05, 0.1) is 13.2 Å². The van der Waals surface area contributed by atoms with Gasteiger partial charge in [-0.15, -0.1) is 0 Å². The number of rotatable bonds is 4. The third kappa shape index (κ3) is 2.70. The van der Waals surface area contributed by atoms with Crippen LogP contribution >= 0.6 is 0 Å². The van der Waals surface area contributed by atoms with Crippen LogP contribution in [0.25, 0.3) is 0 Å². The highest BCUT2D eigenvalue weighted by atomic mass is 16.5. The summed E-state index contributed by atoms with van der Waals surface area (Å²) in [5, 5.41) is 0. The molecule has 17 heavy (non-hydrogen) atoms. The van der Waals surface area contributed by atoms with Gasteiger partial charge in [-0.05, 0) is 43.9 Å². The molecule has 0 aliphatic heterocycles. The third-order valence-electron chi connectivity index (χ3n) is 3.04. The molecule has 1 saturated carbocycles. The van der Waals surface area contributed by atoms with Crippen LogP contribution < -0.4 is 15.2 Å². The minimum Gasteiger partial charge on any atom is -0.493 e. The van der Waals surface area contributed by atoms with Gasteiger partial charge in [-0.1, -0.05) is 0 Å². The topological polar surface area (TPSA) is 61.5 Å². The van der Waals surface area contributed by atoms with E-state index < -0.39 is 5.91 Å². The van der Waals surface area contributed by atoms with E-state index in [1.807, 2.05) is 0 Å².